The van der Waals surface area contributed by atoms with E-state index in [4.69, 9.17) is 9.47 Å². The van der Waals surface area contributed by atoms with Crippen LogP contribution in [0, 0.1) is 5.92 Å². The molecule has 1 fully saturated rings. The second kappa shape index (κ2) is 8.80. The van der Waals surface area contributed by atoms with Gasteiger partial charge in [-0.05, 0) is 68.0 Å². The predicted octanol–water partition coefficient (Wildman–Crippen LogP) is 3.65. The van der Waals surface area contributed by atoms with E-state index in [9.17, 15) is 9.90 Å². The maximum atomic E-state index is 12.3. The van der Waals surface area contributed by atoms with E-state index in [1.54, 1.807) is 12.1 Å². The third-order valence-corrected chi connectivity index (χ3v) is 4.77. The number of rotatable bonds is 9. The fourth-order valence-electron chi connectivity index (χ4n) is 3.29. The molecule has 2 N–H and O–H groups in total. The lowest BCUT2D eigenvalue weighted by Gasteiger charge is -2.12. The summed E-state index contributed by atoms with van der Waals surface area (Å²) in [6.07, 6.45) is 1.61. The van der Waals surface area contributed by atoms with Crippen molar-refractivity contribution >= 4 is 5.91 Å². The predicted molar refractivity (Wildman–Crippen MR) is 104 cm³/mol. The molecule has 0 radical (unpaired) electrons. The Morgan fingerprint density at radius 3 is 2.48 bits per heavy atom. The van der Waals surface area contributed by atoms with Gasteiger partial charge in [-0.15, -0.1) is 0 Å². The van der Waals surface area contributed by atoms with Crippen molar-refractivity contribution < 1.29 is 19.4 Å². The Morgan fingerprint density at radius 2 is 1.78 bits per heavy atom. The minimum atomic E-state index is 0.0360. The maximum Gasteiger partial charge on any atom is 0.223 e. The molecular weight excluding hydrogens is 342 g/mol. The van der Waals surface area contributed by atoms with E-state index in [2.05, 4.69) is 5.32 Å². The molecule has 0 aromatic heterocycles. The zero-order valence-corrected chi connectivity index (χ0v) is 15.9. The van der Waals surface area contributed by atoms with Gasteiger partial charge in [-0.25, -0.2) is 0 Å². The lowest BCUT2D eigenvalue weighted by atomic mass is 10.1. The molecule has 2 aromatic rings. The number of carbonyl (C=O) groups is 1. The first-order valence-corrected chi connectivity index (χ1v) is 9.57. The van der Waals surface area contributed by atoms with Crippen molar-refractivity contribution in [3.05, 3.63) is 53.6 Å². The van der Waals surface area contributed by atoms with Crippen molar-refractivity contribution in [1.82, 2.24) is 5.32 Å². The number of hydrogen-bond acceptors (Lipinski definition) is 4. The van der Waals surface area contributed by atoms with Crippen LogP contribution in [0.3, 0.4) is 0 Å². The molecule has 27 heavy (non-hydrogen) atoms. The highest BCUT2D eigenvalue weighted by atomic mass is 16.5. The number of phenolic OH excluding ortho intramolecular Hbond substituents is 1. The summed E-state index contributed by atoms with van der Waals surface area (Å²) in [4.78, 5) is 12.3. The molecule has 1 aliphatic rings. The zero-order chi connectivity index (χ0) is 19.2. The molecule has 0 saturated heterocycles. The maximum absolute atomic E-state index is 12.3. The van der Waals surface area contributed by atoms with Crippen LogP contribution < -0.4 is 14.8 Å². The molecule has 1 amide bonds. The number of phenols is 1. The van der Waals surface area contributed by atoms with Crippen LogP contribution in [0.1, 0.15) is 37.3 Å². The molecule has 1 aliphatic carbocycles. The van der Waals surface area contributed by atoms with E-state index in [1.807, 2.05) is 44.2 Å². The zero-order valence-electron chi connectivity index (χ0n) is 15.9. The topological polar surface area (TPSA) is 67.8 Å². The molecule has 5 heteroatoms. The summed E-state index contributed by atoms with van der Waals surface area (Å²) in [5, 5.41) is 12.4. The number of aromatic hydroxyl groups is 1. The highest BCUT2D eigenvalue weighted by Crippen LogP contribution is 2.47. The van der Waals surface area contributed by atoms with Crippen molar-refractivity contribution in [2.75, 3.05) is 19.8 Å². The van der Waals surface area contributed by atoms with E-state index >= 15 is 0 Å². The first-order valence-electron chi connectivity index (χ1n) is 9.57. The summed E-state index contributed by atoms with van der Waals surface area (Å²) in [6.45, 7) is 5.67. The molecule has 0 aliphatic heterocycles. The fourth-order valence-corrected chi connectivity index (χ4v) is 3.29. The Bertz CT molecular complexity index is 772. The van der Waals surface area contributed by atoms with Crippen molar-refractivity contribution in [3.63, 3.8) is 0 Å². The molecule has 0 spiro atoms. The van der Waals surface area contributed by atoms with Gasteiger partial charge in [-0.2, -0.15) is 0 Å². The van der Waals surface area contributed by atoms with E-state index in [0.717, 1.165) is 35.5 Å². The molecule has 2 aromatic carbocycles. The van der Waals surface area contributed by atoms with Crippen molar-refractivity contribution in [1.29, 1.82) is 0 Å². The van der Waals surface area contributed by atoms with Gasteiger partial charge in [0.05, 0.1) is 13.2 Å². The molecule has 144 valence electrons. The summed E-state index contributed by atoms with van der Waals surface area (Å²) in [5.74, 6) is 2.15. The second-order valence-corrected chi connectivity index (χ2v) is 6.73. The van der Waals surface area contributed by atoms with E-state index < -0.39 is 0 Å². The first-order chi connectivity index (χ1) is 13.1. The lowest BCUT2D eigenvalue weighted by molar-refractivity contribution is -0.122. The van der Waals surface area contributed by atoms with E-state index in [0.29, 0.717) is 19.8 Å². The summed E-state index contributed by atoms with van der Waals surface area (Å²) in [7, 11) is 0. The van der Waals surface area contributed by atoms with Gasteiger partial charge in [0.2, 0.25) is 5.91 Å². The van der Waals surface area contributed by atoms with Gasteiger partial charge in [0.25, 0.3) is 0 Å². The van der Waals surface area contributed by atoms with E-state index in [1.165, 1.54) is 0 Å². The number of amides is 1. The molecule has 0 heterocycles. The van der Waals surface area contributed by atoms with Crippen LogP contribution in [0.15, 0.2) is 42.5 Å². The van der Waals surface area contributed by atoms with E-state index in [-0.39, 0.29) is 23.5 Å². The van der Waals surface area contributed by atoms with Gasteiger partial charge in [0, 0.05) is 12.5 Å². The quantitative estimate of drug-likeness (QED) is 0.708. The Hall–Kier alpha value is -2.69. The third-order valence-electron chi connectivity index (χ3n) is 4.77. The average Bonchev–Trinajstić information content (AvgIpc) is 3.45. The molecule has 2 unspecified atom stereocenters. The summed E-state index contributed by atoms with van der Waals surface area (Å²) < 4.78 is 11.2. The second-order valence-electron chi connectivity index (χ2n) is 6.73. The minimum absolute atomic E-state index is 0.0360. The smallest absolute Gasteiger partial charge is 0.223 e. The number of hydrogen-bond donors (Lipinski definition) is 2. The molecule has 0 bridgehead atoms. The fraction of sp³-hybridized carbons (Fsp3) is 0.409. The van der Waals surface area contributed by atoms with Gasteiger partial charge < -0.3 is 19.9 Å². The highest BCUT2D eigenvalue weighted by molar-refractivity contribution is 5.82. The molecular formula is C22H27NO4. The molecule has 5 nitrogen and oxygen atoms in total. The van der Waals surface area contributed by atoms with Crippen LogP contribution in [0.5, 0.6) is 17.2 Å². The van der Waals surface area contributed by atoms with Gasteiger partial charge in [-0.1, -0.05) is 18.2 Å². The van der Waals surface area contributed by atoms with Crippen LogP contribution in [0.4, 0.5) is 0 Å². The van der Waals surface area contributed by atoms with Gasteiger partial charge in [0.1, 0.15) is 5.75 Å². The van der Waals surface area contributed by atoms with Gasteiger partial charge >= 0.3 is 0 Å². The number of carbonyl (C=O) groups excluding carboxylic acids is 1. The van der Waals surface area contributed by atoms with Crippen LogP contribution in [0.25, 0.3) is 0 Å². The Balaban J connectivity index is 1.49. The summed E-state index contributed by atoms with van der Waals surface area (Å²) in [5.41, 5.74) is 2.22. The third kappa shape index (κ3) is 4.94. The van der Waals surface area contributed by atoms with Gasteiger partial charge in [-0.3, -0.25) is 4.79 Å². The molecule has 1 saturated carbocycles. The molecule has 3 rings (SSSR count). The normalized spacial score (nSPS) is 18.0. The average molecular weight is 369 g/mol. The van der Waals surface area contributed by atoms with Crippen LogP contribution in [-0.4, -0.2) is 30.8 Å². The minimum Gasteiger partial charge on any atom is -0.508 e. The van der Waals surface area contributed by atoms with Crippen LogP contribution in [0.2, 0.25) is 0 Å². The van der Waals surface area contributed by atoms with Crippen molar-refractivity contribution in [2.24, 2.45) is 5.92 Å². The summed E-state index contributed by atoms with van der Waals surface area (Å²) in [6, 6.07) is 13.0. The van der Waals surface area contributed by atoms with Crippen LogP contribution in [-0.2, 0) is 11.2 Å². The lowest BCUT2D eigenvalue weighted by Crippen LogP contribution is -2.27. The SMILES string of the molecule is CCOc1ccc(CCNC(=O)C2CC2c2ccc(O)cc2)cc1OCC. The Kier molecular flexibility index (Phi) is 6.22. The largest absolute Gasteiger partial charge is 0.508 e. The number of nitrogens with one attached hydrogen (secondary N) is 1. The summed E-state index contributed by atoms with van der Waals surface area (Å²) >= 11 is 0. The monoisotopic (exact) mass is 369 g/mol. The highest BCUT2D eigenvalue weighted by Gasteiger charge is 2.43. The van der Waals surface area contributed by atoms with Crippen molar-refractivity contribution in [2.45, 2.75) is 32.6 Å². The Morgan fingerprint density at radius 1 is 1.07 bits per heavy atom. The van der Waals surface area contributed by atoms with Gasteiger partial charge in [0.15, 0.2) is 11.5 Å². The number of benzene rings is 2. The molecule has 2 atom stereocenters. The van der Waals surface area contributed by atoms with Crippen LogP contribution >= 0.6 is 0 Å². The Labute approximate surface area is 160 Å². The standard InChI is InChI=1S/C22H27NO4/c1-3-26-20-10-5-15(13-21(20)27-4-2)11-12-23-22(25)19-14-18(19)16-6-8-17(24)9-7-16/h5-10,13,18-19,24H,3-4,11-12,14H2,1-2H3,(H,23,25). The number of ether oxygens (including phenoxy) is 2. The van der Waals surface area contributed by atoms with Crippen molar-refractivity contribution in [3.8, 4) is 17.2 Å². The first kappa shape index (κ1) is 19.1.